The molecule has 0 N–H and O–H groups in total. The van der Waals surface area contributed by atoms with Crippen LogP contribution >= 0.6 is 0 Å². The van der Waals surface area contributed by atoms with E-state index >= 15 is 0 Å². The Kier molecular flexibility index (Phi) is 9.17. The molecule has 3 aromatic rings. The highest BCUT2D eigenvalue weighted by atomic mass is 32.2. The molecule has 218 valence electrons. The normalized spacial score (nSPS) is 14.7. The molecule has 1 aliphatic rings. The van der Waals surface area contributed by atoms with Crippen LogP contribution in [0, 0.1) is 0 Å². The van der Waals surface area contributed by atoms with Gasteiger partial charge < -0.3 is 18.7 Å². The predicted octanol–water partition coefficient (Wildman–Crippen LogP) is 3.98. The van der Waals surface area contributed by atoms with Gasteiger partial charge in [0.15, 0.2) is 0 Å². The highest BCUT2D eigenvalue weighted by molar-refractivity contribution is 7.87. The lowest BCUT2D eigenvalue weighted by atomic mass is 10.0. The molecule has 10 nitrogen and oxygen atoms in total. The average Bonchev–Trinajstić information content (AvgIpc) is 2.96. The van der Waals surface area contributed by atoms with Crippen molar-refractivity contribution in [3.63, 3.8) is 0 Å². The van der Waals surface area contributed by atoms with Gasteiger partial charge in [-0.1, -0.05) is 30.3 Å². The zero-order valence-corrected chi connectivity index (χ0v) is 24.6. The first kappa shape index (κ1) is 29.9. The van der Waals surface area contributed by atoms with E-state index in [4.69, 9.17) is 8.92 Å². The molecule has 0 radical (unpaired) electrons. The average molecular weight is 581 g/mol. The molecule has 1 saturated heterocycles. The summed E-state index contributed by atoms with van der Waals surface area (Å²) in [5.41, 5.74) is 1.11. The molecule has 4 rings (SSSR count). The number of carbonyl (C=O) groups excluding carboxylic acids is 2. The van der Waals surface area contributed by atoms with Gasteiger partial charge >= 0.3 is 16.2 Å². The van der Waals surface area contributed by atoms with E-state index in [1.54, 1.807) is 44.9 Å². The zero-order valence-electron chi connectivity index (χ0n) is 23.8. The number of carbonyl (C=O) groups is 2. The van der Waals surface area contributed by atoms with Crippen LogP contribution in [0.3, 0.4) is 0 Å². The van der Waals surface area contributed by atoms with Gasteiger partial charge in [-0.25, -0.2) is 4.79 Å². The number of benzene rings is 2. The number of para-hydroxylation sites is 1. The minimum absolute atomic E-state index is 0.0546. The molecule has 2 amide bonds. The van der Waals surface area contributed by atoms with Crippen LogP contribution in [0.15, 0.2) is 84.0 Å². The summed E-state index contributed by atoms with van der Waals surface area (Å²) in [6.07, 6.45) is 2.30. The van der Waals surface area contributed by atoms with E-state index in [-0.39, 0.29) is 23.0 Å². The van der Waals surface area contributed by atoms with Gasteiger partial charge in [-0.3, -0.25) is 14.7 Å². The summed E-state index contributed by atoms with van der Waals surface area (Å²) in [6, 6.07) is 18.6. The molecule has 41 heavy (non-hydrogen) atoms. The smallest absolute Gasteiger partial charge is 0.410 e. The van der Waals surface area contributed by atoms with Crippen LogP contribution in [0.5, 0.6) is 5.75 Å². The molecule has 11 heteroatoms. The largest absolute Gasteiger partial charge is 0.444 e. The number of hydrogen-bond donors (Lipinski definition) is 0. The van der Waals surface area contributed by atoms with E-state index in [0.717, 1.165) is 11.3 Å². The van der Waals surface area contributed by atoms with Crippen molar-refractivity contribution < 1.29 is 26.9 Å². The van der Waals surface area contributed by atoms with Crippen LogP contribution in [0.2, 0.25) is 0 Å². The van der Waals surface area contributed by atoms with Crippen LogP contribution in [0.1, 0.15) is 26.3 Å². The molecular formula is C30H36N4O6S. The summed E-state index contributed by atoms with van der Waals surface area (Å²) in [7, 11) is -2.48. The number of rotatable bonds is 8. The lowest BCUT2D eigenvalue weighted by Gasteiger charge is -2.39. The van der Waals surface area contributed by atoms with Crippen LogP contribution < -0.4 is 9.08 Å². The van der Waals surface area contributed by atoms with Gasteiger partial charge in [-0.2, -0.15) is 8.42 Å². The standard InChI is InChI=1S/C30H36N4O6S/c1-30(2,3)39-29(36)32(4)27(28(35)34-19-17-33(18-20-34)24-9-6-5-7-10-24)21-23-12-14-25(15-13-23)40-41(37,38)26-11-8-16-31-22-26/h5-16,22,27H,17-21H2,1-4H3. The zero-order chi connectivity index (χ0) is 29.6. The monoisotopic (exact) mass is 580 g/mol. The molecule has 2 aromatic carbocycles. The molecule has 1 aromatic heterocycles. The number of nitrogens with zero attached hydrogens (tertiary/aromatic N) is 4. The van der Waals surface area contributed by atoms with E-state index in [1.807, 2.05) is 30.3 Å². The highest BCUT2D eigenvalue weighted by Gasteiger charge is 2.34. The Morgan fingerprint density at radius 3 is 2.20 bits per heavy atom. The molecule has 0 spiro atoms. The van der Waals surface area contributed by atoms with Crippen LogP contribution in [0.25, 0.3) is 0 Å². The third-order valence-corrected chi connectivity index (χ3v) is 7.86. The summed E-state index contributed by atoms with van der Waals surface area (Å²) in [5.74, 6) is -0.0523. The summed E-state index contributed by atoms with van der Waals surface area (Å²) in [5, 5.41) is 0. The van der Waals surface area contributed by atoms with Gasteiger partial charge in [-0.05, 0) is 62.7 Å². The third kappa shape index (κ3) is 7.97. The van der Waals surface area contributed by atoms with Gasteiger partial charge in [0.25, 0.3) is 0 Å². The molecule has 1 aliphatic heterocycles. The third-order valence-electron chi connectivity index (χ3n) is 6.63. The van der Waals surface area contributed by atoms with Crippen molar-refractivity contribution in [1.82, 2.24) is 14.8 Å². The first-order valence-corrected chi connectivity index (χ1v) is 14.8. The van der Waals surface area contributed by atoms with Crippen molar-refractivity contribution in [2.45, 2.75) is 43.7 Å². The highest BCUT2D eigenvalue weighted by Crippen LogP contribution is 2.22. The molecule has 0 saturated carbocycles. The van der Waals surface area contributed by atoms with E-state index in [9.17, 15) is 18.0 Å². The number of likely N-dealkylation sites (N-methyl/N-ethyl adjacent to an activating group) is 1. The van der Waals surface area contributed by atoms with Crippen molar-refractivity contribution >= 4 is 27.8 Å². The lowest BCUT2D eigenvalue weighted by Crippen LogP contribution is -2.56. The second-order valence-electron chi connectivity index (χ2n) is 10.8. The first-order valence-electron chi connectivity index (χ1n) is 13.4. The second kappa shape index (κ2) is 12.6. The number of aromatic nitrogens is 1. The van der Waals surface area contributed by atoms with Crippen LogP contribution in [-0.2, 0) is 26.1 Å². The predicted molar refractivity (Wildman–Crippen MR) is 155 cm³/mol. The summed E-state index contributed by atoms with van der Waals surface area (Å²) >= 11 is 0. The van der Waals surface area contributed by atoms with Crippen LogP contribution in [-0.4, -0.2) is 80.1 Å². The van der Waals surface area contributed by atoms with Crippen LogP contribution in [0.4, 0.5) is 10.5 Å². The second-order valence-corrected chi connectivity index (χ2v) is 12.4. The molecule has 2 heterocycles. The van der Waals surface area contributed by atoms with E-state index < -0.39 is 27.9 Å². The van der Waals surface area contributed by atoms with Gasteiger partial charge in [-0.15, -0.1) is 0 Å². The molecule has 1 fully saturated rings. The van der Waals surface area contributed by atoms with Gasteiger partial charge in [0.05, 0.1) is 0 Å². The molecule has 1 unspecified atom stereocenters. The summed E-state index contributed by atoms with van der Waals surface area (Å²) in [6.45, 7) is 7.72. The lowest BCUT2D eigenvalue weighted by molar-refractivity contribution is -0.136. The fourth-order valence-electron chi connectivity index (χ4n) is 4.46. The number of anilines is 1. The number of amides is 2. The van der Waals surface area contributed by atoms with Gasteiger partial charge in [0, 0.05) is 57.7 Å². The summed E-state index contributed by atoms with van der Waals surface area (Å²) < 4.78 is 35.9. The van der Waals surface area contributed by atoms with E-state index in [2.05, 4.69) is 9.88 Å². The number of hydrogen-bond acceptors (Lipinski definition) is 8. The van der Waals surface area contributed by atoms with Gasteiger partial charge in [0.1, 0.15) is 22.3 Å². The maximum absolute atomic E-state index is 13.8. The Morgan fingerprint density at radius 2 is 1.61 bits per heavy atom. The van der Waals surface area contributed by atoms with E-state index in [0.29, 0.717) is 26.2 Å². The van der Waals surface area contributed by atoms with Crippen molar-refractivity contribution in [1.29, 1.82) is 0 Å². The number of pyridine rings is 1. The summed E-state index contributed by atoms with van der Waals surface area (Å²) in [4.78, 5) is 35.9. The first-order chi connectivity index (χ1) is 19.4. The van der Waals surface area contributed by atoms with Gasteiger partial charge in [0.2, 0.25) is 5.91 Å². The topological polar surface area (TPSA) is 109 Å². The Labute approximate surface area is 241 Å². The molecule has 1 atom stereocenters. The molecular weight excluding hydrogens is 544 g/mol. The SMILES string of the molecule is CN(C(=O)OC(C)(C)C)C(Cc1ccc(OS(=O)(=O)c2cccnc2)cc1)C(=O)N1CCN(c2ccccc2)CC1. The Morgan fingerprint density at radius 1 is 0.951 bits per heavy atom. The fourth-order valence-corrected chi connectivity index (χ4v) is 5.36. The van der Waals surface area contributed by atoms with E-state index in [1.165, 1.54) is 41.6 Å². The maximum atomic E-state index is 13.8. The maximum Gasteiger partial charge on any atom is 0.410 e. The number of ether oxygens (including phenoxy) is 1. The minimum Gasteiger partial charge on any atom is -0.444 e. The molecule has 0 bridgehead atoms. The van der Waals surface area contributed by atoms with Crippen molar-refractivity contribution in [2.75, 3.05) is 38.1 Å². The van der Waals surface area contributed by atoms with Crippen molar-refractivity contribution in [3.05, 3.63) is 84.7 Å². The fraction of sp³-hybridized carbons (Fsp3) is 0.367. The quantitative estimate of drug-likeness (QED) is 0.368. The Hall–Kier alpha value is -4.12. The molecule has 0 aliphatic carbocycles. The Balaban J connectivity index is 1.48. The number of piperazine rings is 1. The Bertz CT molecular complexity index is 1420. The minimum atomic E-state index is -4.04. The van der Waals surface area contributed by atoms with Crippen molar-refractivity contribution in [2.24, 2.45) is 0 Å². The van der Waals surface area contributed by atoms with Crippen molar-refractivity contribution in [3.8, 4) is 5.75 Å².